The summed E-state index contributed by atoms with van der Waals surface area (Å²) in [6.07, 6.45) is 3.18. The number of nitrogens with one attached hydrogen (secondary N) is 3. The molecule has 2 aromatic rings. The van der Waals surface area contributed by atoms with E-state index in [9.17, 15) is 29.1 Å². The van der Waals surface area contributed by atoms with Crippen molar-refractivity contribution in [2.45, 2.75) is 56.3 Å². The fourth-order valence-electron chi connectivity index (χ4n) is 4.20. The third-order valence-corrected chi connectivity index (χ3v) is 6.06. The minimum atomic E-state index is -1.64. The Bertz CT molecular complexity index is 1110. The molecular weight excluding hydrogens is 484 g/mol. The van der Waals surface area contributed by atoms with Crippen molar-refractivity contribution in [1.82, 2.24) is 25.5 Å². The maximum absolute atomic E-state index is 13.5. The zero-order valence-electron chi connectivity index (χ0n) is 20.0. The second kappa shape index (κ2) is 12.6. The van der Waals surface area contributed by atoms with E-state index in [0.29, 0.717) is 12.1 Å². The van der Waals surface area contributed by atoms with Gasteiger partial charge < -0.3 is 36.5 Å². The number of carboxylic acid groups (broad SMARTS) is 2. The Morgan fingerprint density at radius 1 is 1.08 bits per heavy atom. The van der Waals surface area contributed by atoms with Gasteiger partial charge in [-0.3, -0.25) is 19.2 Å². The van der Waals surface area contributed by atoms with Crippen molar-refractivity contribution >= 4 is 29.7 Å². The molecule has 37 heavy (non-hydrogen) atoms. The average molecular weight is 515 g/mol. The second-order valence-electron chi connectivity index (χ2n) is 8.83. The third-order valence-electron chi connectivity index (χ3n) is 6.06. The number of aliphatic carboxylic acids is 2. The molecule has 0 bridgehead atoms. The van der Waals surface area contributed by atoms with Gasteiger partial charge in [0.15, 0.2) is 0 Å². The standard InChI is InChI=1S/C24H30N6O7/c25-16(9-14-5-2-1-3-6-14)21(33)28-17(10-15-12-26-13-27-15)23(35)30-8-4-7-19(30)22(34)29-18(24(36)37)11-20(31)32/h1-3,5-6,12-13,16-19H,4,7-11,25H2,(H,26,27)(H,28,33)(H,29,34)(H,31,32)(H,36,37). The van der Waals surface area contributed by atoms with E-state index in [2.05, 4.69) is 20.6 Å². The number of nitrogens with two attached hydrogens (primary N) is 1. The van der Waals surface area contributed by atoms with Gasteiger partial charge in [-0.05, 0) is 24.8 Å². The predicted molar refractivity (Wildman–Crippen MR) is 129 cm³/mol. The van der Waals surface area contributed by atoms with Gasteiger partial charge in [-0.1, -0.05) is 30.3 Å². The smallest absolute Gasteiger partial charge is 0.326 e. The van der Waals surface area contributed by atoms with Crippen molar-refractivity contribution in [2.75, 3.05) is 6.54 Å². The highest BCUT2D eigenvalue weighted by Gasteiger charge is 2.39. The lowest BCUT2D eigenvalue weighted by Gasteiger charge is -2.29. The van der Waals surface area contributed by atoms with E-state index in [1.54, 1.807) is 0 Å². The first-order chi connectivity index (χ1) is 17.7. The lowest BCUT2D eigenvalue weighted by Crippen LogP contribution is -2.57. The van der Waals surface area contributed by atoms with Crippen molar-refractivity contribution < 1.29 is 34.2 Å². The molecule has 2 heterocycles. The molecular formula is C24H30N6O7. The van der Waals surface area contributed by atoms with Crippen LogP contribution in [0.1, 0.15) is 30.5 Å². The van der Waals surface area contributed by atoms with Gasteiger partial charge in [-0.15, -0.1) is 0 Å². The molecule has 1 fully saturated rings. The lowest BCUT2D eigenvalue weighted by molar-refractivity contribution is -0.148. The van der Waals surface area contributed by atoms with E-state index in [0.717, 1.165) is 5.56 Å². The second-order valence-corrected chi connectivity index (χ2v) is 8.83. The molecule has 7 N–H and O–H groups in total. The SMILES string of the molecule is NC(Cc1ccccc1)C(=O)NC(Cc1cnc[nH]1)C(=O)N1CCCC1C(=O)NC(CC(=O)O)C(=O)O. The van der Waals surface area contributed by atoms with Gasteiger partial charge in [0.05, 0.1) is 18.8 Å². The van der Waals surface area contributed by atoms with Gasteiger partial charge in [0.1, 0.15) is 18.1 Å². The molecule has 1 aliphatic heterocycles. The molecule has 0 radical (unpaired) electrons. The highest BCUT2D eigenvalue weighted by Crippen LogP contribution is 2.20. The lowest BCUT2D eigenvalue weighted by atomic mass is 10.0. The van der Waals surface area contributed by atoms with Crippen LogP contribution in [0, 0.1) is 0 Å². The molecule has 1 aromatic heterocycles. The van der Waals surface area contributed by atoms with Gasteiger partial charge in [-0.25, -0.2) is 9.78 Å². The quantitative estimate of drug-likeness (QED) is 0.206. The van der Waals surface area contributed by atoms with Crippen LogP contribution in [0.5, 0.6) is 0 Å². The van der Waals surface area contributed by atoms with Crippen LogP contribution in [-0.4, -0.2) is 85.5 Å². The summed E-state index contributed by atoms with van der Waals surface area (Å²) in [5.41, 5.74) is 7.52. The first-order valence-electron chi connectivity index (χ1n) is 11.8. The van der Waals surface area contributed by atoms with E-state index in [4.69, 9.17) is 10.8 Å². The highest BCUT2D eigenvalue weighted by molar-refractivity contribution is 5.95. The molecule has 4 atom stereocenters. The van der Waals surface area contributed by atoms with Crippen LogP contribution in [0.2, 0.25) is 0 Å². The summed E-state index contributed by atoms with van der Waals surface area (Å²) in [4.78, 5) is 69.7. The molecule has 1 aromatic carbocycles. The monoisotopic (exact) mass is 514 g/mol. The third kappa shape index (κ3) is 7.61. The largest absolute Gasteiger partial charge is 0.481 e. The first-order valence-corrected chi connectivity index (χ1v) is 11.8. The Hall–Kier alpha value is -4.26. The number of likely N-dealkylation sites (tertiary alicyclic amines) is 1. The van der Waals surface area contributed by atoms with Gasteiger partial charge in [-0.2, -0.15) is 0 Å². The minimum Gasteiger partial charge on any atom is -0.481 e. The van der Waals surface area contributed by atoms with E-state index >= 15 is 0 Å². The van der Waals surface area contributed by atoms with Crippen molar-refractivity contribution in [3.63, 3.8) is 0 Å². The van der Waals surface area contributed by atoms with Crippen LogP contribution in [0.25, 0.3) is 0 Å². The molecule has 1 saturated heterocycles. The maximum Gasteiger partial charge on any atom is 0.326 e. The number of rotatable bonds is 12. The molecule has 13 nitrogen and oxygen atoms in total. The van der Waals surface area contributed by atoms with E-state index in [1.165, 1.54) is 17.4 Å². The Kier molecular flexibility index (Phi) is 9.33. The van der Waals surface area contributed by atoms with Crippen LogP contribution in [0.15, 0.2) is 42.9 Å². The highest BCUT2D eigenvalue weighted by atomic mass is 16.4. The summed E-state index contributed by atoms with van der Waals surface area (Å²) >= 11 is 0. The number of imidazole rings is 1. The van der Waals surface area contributed by atoms with Crippen LogP contribution < -0.4 is 16.4 Å². The van der Waals surface area contributed by atoms with Crippen LogP contribution in [0.3, 0.4) is 0 Å². The summed E-state index contributed by atoms with van der Waals surface area (Å²) < 4.78 is 0. The van der Waals surface area contributed by atoms with Crippen molar-refractivity contribution in [1.29, 1.82) is 0 Å². The summed E-state index contributed by atoms with van der Waals surface area (Å²) in [6, 6.07) is 4.52. The van der Waals surface area contributed by atoms with Crippen molar-refractivity contribution in [2.24, 2.45) is 5.73 Å². The summed E-state index contributed by atoms with van der Waals surface area (Å²) in [5.74, 6) is -4.75. The number of carbonyl (C=O) groups excluding carboxylic acids is 3. The normalized spacial score (nSPS) is 17.4. The van der Waals surface area contributed by atoms with Crippen molar-refractivity contribution in [3.05, 3.63) is 54.1 Å². The number of aromatic amines is 1. The van der Waals surface area contributed by atoms with Crippen LogP contribution in [0.4, 0.5) is 0 Å². The van der Waals surface area contributed by atoms with Crippen LogP contribution in [-0.2, 0) is 36.8 Å². The molecule has 0 spiro atoms. The Labute approximate surface area is 212 Å². The zero-order valence-corrected chi connectivity index (χ0v) is 20.0. The number of carbonyl (C=O) groups is 5. The fourth-order valence-corrected chi connectivity index (χ4v) is 4.20. The topological polar surface area (TPSA) is 208 Å². The summed E-state index contributed by atoms with van der Waals surface area (Å²) in [5, 5.41) is 23.1. The number of carboxylic acids is 2. The molecule has 198 valence electrons. The Morgan fingerprint density at radius 3 is 2.43 bits per heavy atom. The van der Waals surface area contributed by atoms with Gasteiger partial charge in [0.2, 0.25) is 17.7 Å². The predicted octanol–water partition coefficient (Wildman–Crippen LogP) is -0.958. The number of hydrogen-bond donors (Lipinski definition) is 6. The number of aromatic nitrogens is 2. The molecule has 13 heteroatoms. The molecule has 1 aliphatic rings. The van der Waals surface area contributed by atoms with E-state index < -0.39 is 60.2 Å². The number of amides is 3. The first kappa shape index (κ1) is 27.3. The molecule has 0 saturated carbocycles. The molecule has 3 amide bonds. The zero-order chi connectivity index (χ0) is 26.9. The maximum atomic E-state index is 13.5. The number of hydrogen-bond acceptors (Lipinski definition) is 7. The molecule has 0 aliphatic carbocycles. The molecule has 3 rings (SSSR count). The van der Waals surface area contributed by atoms with Crippen LogP contribution >= 0.6 is 0 Å². The summed E-state index contributed by atoms with van der Waals surface area (Å²) in [7, 11) is 0. The minimum absolute atomic E-state index is 0.0598. The number of H-pyrrole nitrogens is 1. The van der Waals surface area contributed by atoms with Gasteiger partial charge in [0, 0.05) is 24.9 Å². The van der Waals surface area contributed by atoms with E-state index in [-0.39, 0.29) is 25.8 Å². The van der Waals surface area contributed by atoms with Gasteiger partial charge in [0.25, 0.3) is 0 Å². The fraction of sp³-hybridized carbons (Fsp3) is 0.417. The van der Waals surface area contributed by atoms with Gasteiger partial charge >= 0.3 is 11.9 Å². The van der Waals surface area contributed by atoms with E-state index in [1.807, 2.05) is 30.3 Å². The van der Waals surface area contributed by atoms with Crippen molar-refractivity contribution in [3.8, 4) is 0 Å². The Morgan fingerprint density at radius 2 is 1.81 bits per heavy atom. The molecule has 4 unspecified atom stereocenters. The Balaban J connectivity index is 1.73. The number of nitrogens with zero attached hydrogens (tertiary/aromatic N) is 2. The number of benzene rings is 1. The summed E-state index contributed by atoms with van der Waals surface area (Å²) in [6.45, 7) is 0.207. The average Bonchev–Trinajstić information content (AvgIpc) is 3.55.